The fraction of sp³-hybridized carbons (Fsp3) is 0.440. The highest BCUT2D eigenvalue weighted by Gasteiger charge is 2.14. The highest BCUT2D eigenvalue weighted by Crippen LogP contribution is 2.26. The molecule has 30 heavy (non-hydrogen) atoms. The van der Waals surface area contributed by atoms with Gasteiger partial charge in [0.15, 0.2) is 5.78 Å². The minimum absolute atomic E-state index is 0.225. The first-order valence-electron chi connectivity index (χ1n) is 10.7. The molecule has 0 aromatic heterocycles. The molecular weight excluding hydrogens is 378 g/mol. The topological polar surface area (TPSA) is 64.6 Å². The third-order valence-corrected chi connectivity index (χ3v) is 4.90. The number of unbranched alkanes of at least 4 members (excludes halogenated alkanes) is 5. The van der Waals surface area contributed by atoms with Gasteiger partial charge in [0, 0.05) is 5.56 Å². The van der Waals surface area contributed by atoms with Gasteiger partial charge in [-0.05, 0) is 55.3 Å². The first-order chi connectivity index (χ1) is 14.5. The van der Waals surface area contributed by atoms with E-state index in [0.717, 1.165) is 18.4 Å². The Bertz CT molecular complexity index is 814. The lowest BCUT2D eigenvalue weighted by atomic mass is 10.1. The van der Waals surface area contributed by atoms with E-state index in [4.69, 9.17) is 9.47 Å². The summed E-state index contributed by atoms with van der Waals surface area (Å²) in [6.45, 7) is 4.78. The molecule has 1 amide bonds. The Hall–Kier alpha value is -2.82. The third kappa shape index (κ3) is 7.90. The second-order valence-corrected chi connectivity index (χ2v) is 7.49. The fourth-order valence-electron chi connectivity index (χ4n) is 3.15. The van der Waals surface area contributed by atoms with Crippen molar-refractivity contribution in [2.45, 2.75) is 58.8 Å². The SMILES string of the molecule is CCCCCCCCOc1ccc(C)cc1NC(=O)CC(=O)c1ccc(OC)cc1. The number of methoxy groups -OCH3 is 1. The van der Waals surface area contributed by atoms with Gasteiger partial charge in [0.1, 0.15) is 11.5 Å². The molecule has 0 spiro atoms. The van der Waals surface area contributed by atoms with Gasteiger partial charge in [0.25, 0.3) is 0 Å². The van der Waals surface area contributed by atoms with Gasteiger partial charge < -0.3 is 14.8 Å². The van der Waals surface area contributed by atoms with Gasteiger partial charge in [-0.25, -0.2) is 0 Å². The molecule has 0 saturated carbocycles. The lowest BCUT2D eigenvalue weighted by Gasteiger charge is -2.13. The number of aryl methyl sites for hydroxylation is 1. The number of rotatable bonds is 13. The molecule has 0 aliphatic rings. The normalized spacial score (nSPS) is 10.5. The lowest BCUT2D eigenvalue weighted by molar-refractivity contribution is -0.115. The van der Waals surface area contributed by atoms with E-state index in [2.05, 4.69) is 12.2 Å². The summed E-state index contributed by atoms with van der Waals surface area (Å²) in [5, 5.41) is 2.83. The molecule has 2 aromatic rings. The summed E-state index contributed by atoms with van der Waals surface area (Å²) in [4.78, 5) is 24.8. The van der Waals surface area contributed by atoms with E-state index < -0.39 is 0 Å². The van der Waals surface area contributed by atoms with Crippen LogP contribution in [-0.4, -0.2) is 25.4 Å². The van der Waals surface area contributed by atoms with Gasteiger partial charge in [0.05, 0.1) is 25.8 Å². The fourth-order valence-corrected chi connectivity index (χ4v) is 3.15. The summed E-state index contributed by atoms with van der Waals surface area (Å²) >= 11 is 0. The molecule has 0 atom stereocenters. The largest absolute Gasteiger partial charge is 0.497 e. The second kappa shape index (κ2) is 12.7. The smallest absolute Gasteiger partial charge is 0.232 e. The molecule has 2 aromatic carbocycles. The molecule has 0 aliphatic heterocycles. The Balaban J connectivity index is 1.88. The number of Topliss-reactive ketones (excluding diaryl/α,β-unsaturated/α-hetero) is 1. The Labute approximate surface area is 179 Å². The zero-order chi connectivity index (χ0) is 21.8. The predicted molar refractivity (Wildman–Crippen MR) is 121 cm³/mol. The first-order valence-corrected chi connectivity index (χ1v) is 10.7. The van der Waals surface area contributed by atoms with Crippen molar-refractivity contribution in [2.75, 3.05) is 19.0 Å². The van der Waals surface area contributed by atoms with Crippen molar-refractivity contribution in [1.29, 1.82) is 0 Å². The Morgan fingerprint density at radius 2 is 1.63 bits per heavy atom. The Kier molecular flexibility index (Phi) is 9.92. The van der Waals surface area contributed by atoms with Gasteiger partial charge in [-0.2, -0.15) is 0 Å². The van der Waals surface area contributed by atoms with Crippen molar-refractivity contribution < 1.29 is 19.1 Å². The van der Waals surface area contributed by atoms with Crippen molar-refractivity contribution in [3.8, 4) is 11.5 Å². The minimum Gasteiger partial charge on any atom is -0.497 e. The van der Waals surface area contributed by atoms with Gasteiger partial charge in [-0.3, -0.25) is 9.59 Å². The minimum atomic E-state index is -0.356. The molecule has 2 rings (SSSR count). The van der Waals surface area contributed by atoms with Gasteiger partial charge in [-0.1, -0.05) is 45.1 Å². The average molecular weight is 412 g/mol. The van der Waals surface area contributed by atoms with Crippen LogP contribution < -0.4 is 14.8 Å². The lowest BCUT2D eigenvalue weighted by Crippen LogP contribution is -2.17. The number of carbonyl (C=O) groups is 2. The summed E-state index contributed by atoms with van der Waals surface area (Å²) < 4.78 is 11.0. The van der Waals surface area contributed by atoms with E-state index >= 15 is 0 Å². The van der Waals surface area contributed by atoms with E-state index in [1.54, 1.807) is 31.4 Å². The molecule has 1 N–H and O–H groups in total. The van der Waals surface area contributed by atoms with Crippen LogP contribution in [0.2, 0.25) is 0 Å². The molecule has 0 unspecified atom stereocenters. The molecule has 0 saturated heterocycles. The standard InChI is InChI=1S/C25H33NO4/c1-4-5-6-7-8-9-16-30-24-15-10-19(2)17-22(24)26-25(28)18-23(27)20-11-13-21(29-3)14-12-20/h10-15,17H,4-9,16,18H2,1-3H3,(H,26,28). The van der Waals surface area contributed by atoms with Crippen LogP contribution in [0.4, 0.5) is 5.69 Å². The van der Waals surface area contributed by atoms with Crippen molar-refractivity contribution in [1.82, 2.24) is 0 Å². The van der Waals surface area contributed by atoms with Crippen LogP contribution in [0.1, 0.15) is 67.8 Å². The number of ether oxygens (including phenoxy) is 2. The van der Waals surface area contributed by atoms with E-state index in [1.165, 1.54) is 25.7 Å². The van der Waals surface area contributed by atoms with E-state index in [9.17, 15) is 9.59 Å². The highest BCUT2D eigenvalue weighted by molar-refractivity contribution is 6.11. The zero-order valence-electron chi connectivity index (χ0n) is 18.3. The summed E-state index contributed by atoms with van der Waals surface area (Å²) in [7, 11) is 1.57. The van der Waals surface area contributed by atoms with Crippen LogP contribution in [0.25, 0.3) is 0 Å². The molecule has 5 heteroatoms. The molecule has 0 fully saturated rings. The zero-order valence-corrected chi connectivity index (χ0v) is 18.3. The summed E-state index contributed by atoms with van der Waals surface area (Å²) in [6.07, 6.45) is 6.92. The number of anilines is 1. The second-order valence-electron chi connectivity index (χ2n) is 7.49. The predicted octanol–water partition coefficient (Wildman–Crippen LogP) is 5.95. The third-order valence-electron chi connectivity index (χ3n) is 4.90. The number of benzene rings is 2. The molecule has 0 aliphatic carbocycles. The maximum Gasteiger partial charge on any atom is 0.232 e. The monoisotopic (exact) mass is 411 g/mol. The number of hydrogen-bond acceptors (Lipinski definition) is 4. The Morgan fingerprint density at radius 1 is 0.933 bits per heavy atom. The summed E-state index contributed by atoms with van der Waals surface area (Å²) in [5.41, 5.74) is 2.10. The number of nitrogens with one attached hydrogen (secondary N) is 1. The number of ketones is 1. The molecule has 0 heterocycles. The Morgan fingerprint density at radius 3 is 2.33 bits per heavy atom. The number of hydrogen-bond donors (Lipinski definition) is 1. The maximum atomic E-state index is 12.4. The summed E-state index contributed by atoms with van der Waals surface area (Å²) in [5.74, 6) is 0.713. The van der Waals surface area contributed by atoms with Crippen LogP contribution in [0, 0.1) is 6.92 Å². The van der Waals surface area contributed by atoms with Crippen molar-refractivity contribution in [3.63, 3.8) is 0 Å². The molecular formula is C25H33NO4. The van der Waals surface area contributed by atoms with E-state index in [-0.39, 0.29) is 18.1 Å². The van der Waals surface area contributed by atoms with E-state index in [1.807, 2.05) is 25.1 Å². The van der Waals surface area contributed by atoms with Crippen molar-refractivity contribution >= 4 is 17.4 Å². The molecule has 5 nitrogen and oxygen atoms in total. The van der Waals surface area contributed by atoms with Crippen molar-refractivity contribution in [2.24, 2.45) is 0 Å². The average Bonchev–Trinajstić information content (AvgIpc) is 2.74. The molecule has 0 radical (unpaired) electrons. The van der Waals surface area contributed by atoms with Crippen LogP contribution in [0.5, 0.6) is 11.5 Å². The van der Waals surface area contributed by atoms with Crippen molar-refractivity contribution in [3.05, 3.63) is 53.6 Å². The molecule has 162 valence electrons. The maximum absolute atomic E-state index is 12.4. The van der Waals surface area contributed by atoms with Crippen LogP contribution >= 0.6 is 0 Å². The first kappa shape index (κ1) is 23.5. The summed E-state index contributed by atoms with van der Waals surface area (Å²) in [6, 6.07) is 12.4. The molecule has 0 bridgehead atoms. The quantitative estimate of drug-likeness (QED) is 0.251. The van der Waals surface area contributed by atoms with Gasteiger partial charge in [-0.15, -0.1) is 0 Å². The van der Waals surface area contributed by atoms with Crippen LogP contribution in [0.3, 0.4) is 0 Å². The number of amides is 1. The number of carbonyl (C=O) groups excluding carboxylic acids is 2. The van der Waals surface area contributed by atoms with E-state index in [0.29, 0.717) is 29.4 Å². The highest BCUT2D eigenvalue weighted by atomic mass is 16.5. The van der Waals surface area contributed by atoms with Crippen LogP contribution in [-0.2, 0) is 4.79 Å². The van der Waals surface area contributed by atoms with Gasteiger partial charge in [0.2, 0.25) is 5.91 Å². The van der Waals surface area contributed by atoms with Gasteiger partial charge >= 0.3 is 0 Å². The van der Waals surface area contributed by atoms with Crippen LogP contribution in [0.15, 0.2) is 42.5 Å².